The monoisotopic (exact) mass is 445 g/mol. The summed E-state index contributed by atoms with van der Waals surface area (Å²) in [6, 6.07) is 13.4. The minimum atomic E-state index is -3.60. The smallest absolute Gasteiger partial charge is 0.303 e. The van der Waals surface area contributed by atoms with Crippen LogP contribution in [0.1, 0.15) is 16.2 Å². The summed E-state index contributed by atoms with van der Waals surface area (Å²) in [6.45, 7) is 0.0481. The Kier molecular flexibility index (Phi) is 6.56. The number of rotatable bonds is 8. The Labute approximate surface area is 180 Å². The molecule has 31 heavy (non-hydrogen) atoms. The highest BCUT2D eigenvalue weighted by atomic mass is 32.2. The van der Waals surface area contributed by atoms with Crippen LogP contribution in [0.25, 0.3) is 11.4 Å². The number of hydrogen-bond donors (Lipinski definition) is 1. The second kappa shape index (κ2) is 9.14. The second-order valence-electron chi connectivity index (χ2n) is 6.73. The van der Waals surface area contributed by atoms with Gasteiger partial charge >= 0.3 is 10.2 Å². The third-order valence-electron chi connectivity index (χ3n) is 4.50. The van der Waals surface area contributed by atoms with Crippen LogP contribution in [-0.4, -0.2) is 57.0 Å². The number of amides is 1. The molecule has 0 aliphatic carbocycles. The average Bonchev–Trinajstić information content (AvgIpc) is 3.26. The lowest BCUT2D eigenvalue weighted by molar-refractivity contribution is 0.0946. The van der Waals surface area contributed by atoms with Crippen molar-refractivity contribution >= 4 is 21.8 Å². The lowest BCUT2D eigenvalue weighted by atomic mass is 10.2. The molecule has 1 N–H and O–H groups in total. The average molecular weight is 446 g/mol. The van der Waals surface area contributed by atoms with Crippen LogP contribution < -0.4 is 14.4 Å². The van der Waals surface area contributed by atoms with Crippen molar-refractivity contribution in [3.05, 3.63) is 60.0 Å². The van der Waals surface area contributed by atoms with Crippen molar-refractivity contribution < 1.29 is 22.5 Å². The molecule has 0 saturated heterocycles. The molecule has 0 saturated carbocycles. The molecule has 164 valence electrons. The fourth-order valence-corrected chi connectivity index (χ4v) is 3.54. The summed E-state index contributed by atoms with van der Waals surface area (Å²) < 4.78 is 37.0. The van der Waals surface area contributed by atoms with E-state index in [0.29, 0.717) is 22.8 Å². The van der Waals surface area contributed by atoms with E-state index in [1.165, 1.54) is 21.1 Å². The number of nitrogens with zero attached hydrogens (tertiary/aromatic N) is 4. The number of nitrogens with one attached hydrogen (secondary N) is 1. The summed E-state index contributed by atoms with van der Waals surface area (Å²) in [7, 11) is 2.31. The van der Waals surface area contributed by atoms with Gasteiger partial charge in [-0.15, -0.1) is 0 Å². The van der Waals surface area contributed by atoms with Crippen molar-refractivity contribution in [1.82, 2.24) is 19.8 Å². The van der Waals surface area contributed by atoms with Crippen molar-refractivity contribution in [2.45, 2.75) is 6.54 Å². The first-order valence-corrected chi connectivity index (χ1v) is 10.6. The minimum absolute atomic E-state index is 0.0481. The van der Waals surface area contributed by atoms with Crippen LogP contribution >= 0.6 is 0 Å². The molecule has 1 aromatic heterocycles. The number of carbonyl (C=O) groups is 1. The molecule has 11 heteroatoms. The molecular weight excluding hydrogens is 422 g/mol. The number of carbonyl (C=O) groups excluding carboxylic acids is 1. The lowest BCUT2D eigenvalue weighted by Crippen LogP contribution is -2.37. The van der Waals surface area contributed by atoms with Gasteiger partial charge in [-0.05, 0) is 36.4 Å². The van der Waals surface area contributed by atoms with Gasteiger partial charge in [0, 0.05) is 32.3 Å². The van der Waals surface area contributed by atoms with Crippen LogP contribution in [0.5, 0.6) is 5.75 Å². The molecule has 0 aliphatic heterocycles. The van der Waals surface area contributed by atoms with Crippen molar-refractivity contribution in [2.24, 2.45) is 0 Å². The van der Waals surface area contributed by atoms with E-state index in [9.17, 15) is 13.2 Å². The molecule has 1 heterocycles. The highest BCUT2D eigenvalue weighted by Crippen LogP contribution is 2.21. The zero-order valence-electron chi connectivity index (χ0n) is 17.6. The van der Waals surface area contributed by atoms with E-state index in [2.05, 4.69) is 15.5 Å². The topological polar surface area (TPSA) is 118 Å². The largest absolute Gasteiger partial charge is 0.497 e. The Morgan fingerprint density at radius 1 is 1.13 bits per heavy atom. The van der Waals surface area contributed by atoms with Gasteiger partial charge in [-0.2, -0.15) is 17.7 Å². The zero-order chi connectivity index (χ0) is 22.6. The van der Waals surface area contributed by atoms with Gasteiger partial charge in [0.15, 0.2) is 0 Å². The molecule has 2 aromatic carbocycles. The van der Waals surface area contributed by atoms with Crippen LogP contribution in [-0.2, 0) is 16.8 Å². The summed E-state index contributed by atoms with van der Waals surface area (Å²) in [5.41, 5.74) is 1.53. The van der Waals surface area contributed by atoms with E-state index in [0.717, 1.165) is 14.2 Å². The lowest BCUT2D eigenvalue weighted by Gasteiger charge is -2.23. The first kappa shape index (κ1) is 22.2. The van der Waals surface area contributed by atoms with Crippen LogP contribution in [0, 0.1) is 0 Å². The predicted octanol–water partition coefficient (Wildman–Crippen LogP) is 1.92. The number of methoxy groups -OCH3 is 1. The summed E-state index contributed by atoms with van der Waals surface area (Å²) in [5.74, 6) is 0.952. The first-order chi connectivity index (χ1) is 14.7. The quantitative estimate of drug-likeness (QED) is 0.563. The highest BCUT2D eigenvalue weighted by molar-refractivity contribution is 7.90. The predicted molar refractivity (Wildman–Crippen MR) is 115 cm³/mol. The van der Waals surface area contributed by atoms with E-state index in [4.69, 9.17) is 9.26 Å². The van der Waals surface area contributed by atoms with Crippen LogP contribution in [0.4, 0.5) is 5.69 Å². The molecular formula is C20H23N5O5S. The maximum absolute atomic E-state index is 12.4. The summed E-state index contributed by atoms with van der Waals surface area (Å²) in [4.78, 5) is 16.7. The summed E-state index contributed by atoms with van der Waals surface area (Å²) in [5, 5.41) is 6.62. The third-order valence-corrected chi connectivity index (χ3v) is 6.32. The van der Waals surface area contributed by atoms with E-state index in [-0.39, 0.29) is 18.3 Å². The molecule has 0 fully saturated rings. The van der Waals surface area contributed by atoms with Crippen molar-refractivity contribution in [3.8, 4) is 17.1 Å². The normalized spacial score (nSPS) is 11.4. The first-order valence-electron chi connectivity index (χ1n) is 9.24. The number of ether oxygens (including phenoxy) is 1. The van der Waals surface area contributed by atoms with Crippen LogP contribution in [0.15, 0.2) is 53.1 Å². The van der Waals surface area contributed by atoms with Crippen LogP contribution in [0.3, 0.4) is 0 Å². The Hall–Kier alpha value is -3.44. The number of aromatic nitrogens is 2. The summed E-state index contributed by atoms with van der Waals surface area (Å²) in [6.07, 6.45) is 0. The molecule has 0 atom stereocenters. The third kappa shape index (κ3) is 5.01. The minimum Gasteiger partial charge on any atom is -0.497 e. The fourth-order valence-electron chi connectivity index (χ4n) is 2.66. The second-order valence-corrected chi connectivity index (χ2v) is 8.90. The highest BCUT2D eigenvalue weighted by Gasteiger charge is 2.21. The maximum atomic E-state index is 12.4. The summed E-state index contributed by atoms with van der Waals surface area (Å²) >= 11 is 0. The molecule has 1 amide bonds. The molecule has 0 radical (unpaired) electrons. The maximum Gasteiger partial charge on any atom is 0.303 e. The fraction of sp³-hybridized carbons (Fsp3) is 0.250. The standard InChI is InChI=1S/C20H23N5O5S/c1-24(2)31(27,28)25(3)16-10-8-14(9-11-16)20(26)21-13-18-22-19(23-30-18)15-6-5-7-17(12-15)29-4/h5-12H,13H2,1-4H3,(H,21,26). The SMILES string of the molecule is COc1cccc(-c2noc(CNC(=O)c3ccc(N(C)S(=O)(=O)N(C)C)cc3)n2)c1. The molecule has 0 spiro atoms. The van der Waals surface area contributed by atoms with Crippen LogP contribution in [0.2, 0.25) is 0 Å². The molecule has 3 rings (SSSR count). The number of anilines is 1. The number of hydrogen-bond acceptors (Lipinski definition) is 7. The molecule has 10 nitrogen and oxygen atoms in total. The van der Waals surface area contributed by atoms with Gasteiger partial charge in [0.1, 0.15) is 5.75 Å². The Morgan fingerprint density at radius 2 is 1.84 bits per heavy atom. The Balaban J connectivity index is 1.63. The zero-order valence-corrected chi connectivity index (χ0v) is 18.4. The van der Waals surface area contributed by atoms with Gasteiger partial charge in [-0.3, -0.25) is 9.10 Å². The van der Waals surface area contributed by atoms with E-state index in [1.807, 2.05) is 18.2 Å². The van der Waals surface area contributed by atoms with Gasteiger partial charge in [-0.25, -0.2) is 0 Å². The van der Waals surface area contributed by atoms with E-state index in [1.54, 1.807) is 37.4 Å². The molecule has 3 aromatic rings. The van der Waals surface area contributed by atoms with Crippen molar-refractivity contribution in [2.75, 3.05) is 32.6 Å². The van der Waals surface area contributed by atoms with Crippen molar-refractivity contribution in [3.63, 3.8) is 0 Å². The molecule has 0 unspecified atom stereocenters. The Bertz CT molecular complexity index is 1160. The number of benzene rings is 2. The molecule has 0 aliphatic rings. The Morgan fingerprint density at radius 3 is 2.48 bits per heavy atom. The van der Waals surface area contributed by atoms with Crippen molar-refractivity contribution in [1.29, 1.82) is 0 Å². The van der Waals surface area contributed by atoms with Gasteiger partial charge in [-0.1, -0.05) is 17.3 Å². The molecule has 0 bridgehead atoms. The van der Waals surface area contributed by atoms with E-state index < -0.39 is 10.2 Å². The van der Waals surface area contributed by atoms with Gasteiger partial charge < -0.3 is 14.6 Å². The van der Waals surface area contributed by atoms with E-state index >= 15 is 0 Å². The van der Waals surface area contributed by atoms with Gasteiger partial charge in [0.05, 0.1) is 19.3 Å². The van der Waals surface area contributed by atoms with Gasteiger partial charge in [0.2, 0.25) is 11.7 Å². The van der Waals surface area contributed by atoms with Gasteiger partial charge in [0.25, 0.3) is 5.91 Å².